The quantitative estimate of drug-likeness (QED) is 0.360. The van der Waals surface area contributed by atoms with E-state index >= 15 is 0 Å². The van der Waals surface area contributed by atoms with E-state index in [4.69, 9.17) is 0 Å². The van der Waals surface area contributed by atoms with Crippen LogP contribution in [0, 0.1) is 11.8 Å². The molecule has 0 saturated carbocycles. The Labute approximate surface area is 198 Å². The SMILES string of the molecule is CCC(C)C(CC(C)C(=O)O)c1ncnn1Cc1ccc(-c2ccccc2-c2nn[nH]n2)cc1. The highest BCUT2D eigenvalue weighted by Gasteiger charge is 2.27. The number of hydrogen-bond acceptors (Lipinski definition) is 6. The van der Waals surface area contributed by atoms with Crippen molar-refractivity contribution < 1.29 is 9.90 Å². The molecule has 0 saturated heterocycles. The monoisotopic (exact) mass is 459 g/mol. The van der Waals surface area contributed by atoms with E-state index in [1.807, 2.05) is 28.9 Å². The molecule has 9 heteroatoms. The number of carboxylic acids is 1. The number of benzene rings is 2. The van der Waals surface area contributed by atoms with Crippen molar-refractivity contribution in [1.29, 1.82) is 0 Å². The molecule has 2 aromatic heterocycles. The summed E-state index contributed by atoms with van der Waals surface area (Å²) in [5.74, 6) is 0.500. The number of nitrogens with zero attached hydrogens (tertiary/aromatic N) is 6. The predicted octanol–water partition coefficient (Wildman–Crippen LogP) is 4.41. The number of tetrazole rings is 1. The Morgan fingerprint density at radius 2 is 1.82 bits per heavy atom. The van der Waals surface area contributed by atoms with Crippen LogP contribution >= 0.6 is 0 Å². The van der Waals surface area contributed by atoms with Gasteiger partial charge in [-0.3, -0.25) is 4.79 Å². The number of rotatable bonds is 10. The summed E-state index contributed by atoms with van der Waals surface area (Å²) >= 11 is 0. The van der Waals surface area contributed by atoms with Crippen LogP contribution in [-0.2, 0) is 11.3 Å². The fraction of sp³-hybridized carbons (Fsp3) is 0.360. The number of carbonyl (C=O) groups is 1. The summed E-state index contributed by atoms with van der Waals surface area (Å²) in [4.78, 5) is 16.0. The van der Waals surface area contributed by atoms with Crippen LogP contribution in [0.15, 0.2) is 54.9 Å². The van der Waals surface area contributed by atoms with Gasteiger partial charge in [0.05, 0.1) is 12.5 Å². The molecule has 3 unspecified atom stereocenters. The lowest BCUT2D eigenvalue weighted by Crippen LogP contribution is -2.22. The Bertz CT molecular complexity index is 1220. The van der Waals surface area contributed by atoms with Crippen molar-refractivity contribution in [2.75, 3.05) is 0 Å². The van der Waals surface area contributed by atoms with Crippen LogP contribution in [-0.4, -0.2) is 46.5 Å². The van der Waals surface area contributed by atoms with Crippen LogP contribution in [0.3, 0.4) is 0 Å². The Balaban J connectivity index is 1.57. The number of hydrogen-bond donors (Lipinski definition) is 2. The van der Waals surface area contributed by atoms with E-state index in [-0.39, 0.29) is 5.92 Å². The Morgan fingerprint density at radius 3 is 2.47 bits per heavy atom. The smallest absolute Gasteiger partial charge is 0.306 e. The van der Waals surface area contributed by atoms with Gasteiger partial charge in [-0.2, -0.15) is 10.3 Å². The average Bonchev–Trinajstić information content (AvgIpc) is 3.55. The van der Waals surface area contributed by atoms with Gasteiger partial charge in [0.25, 0.3) is 0 Å². The van der Waals surface area contributed by atoms with Crippen molar-refractivity contribution in [2.45, 2.75) is 46.1 Å². The maximum atomic E-state index is 11.5. The molecule has 0 aliphatic rings. The van der Waals surface area contributed by atoms with E-state index in [2.05, 4.69) is 68.8 Å². The molecule has 176 valence electrons. The number of aliphatic carboxylic acids is 1. The number of H-pyrrole nitrogens is 1. The van der Waals surface area contributed by atoms with Crippen LogP contribution in [0.5, 0.6) is 0 Å². The standard InChI is InChI=1S/C25H29N7O2/c1-4-16(2)22(13-17(3)25(33)34)24-26-15-27-32(24)14-18-9-11-19(12-10-18)20-7-5-6-8-21(20)23-28-30-31-29-23/h5-12,15-17,22H,4,13-14H2,1-3H3,(H,33,34)(H,28,29,30,31). The van der Waals surface area contributed by atoms with Gasteiger partial charge in [0.15, 0.2) is 0 Å². The molecule has 2 aromatic carbocycles. The van der Waals surface area contributed by atoms with Crippen LogP contribution in [0.4, 0.5) is 0 Å². The number of carboxylic acid groups (broad SMARTS) is 1. The summed E-state index contributed by atoms with van der Waals surface area (Å²) in [6.07, 6.45) is 3.04. The van der Waals surface area contributed by atoms with Crippen molar-refractivity contribution in [3.8, 4) is 22.5 Å². The molecule has 0 amide bonds. The maximum Gasteiger partial charge on any atom is 0.306 e. The van der Waals surface area contributed by atoms with Gasteiger partial charge in [-0.1, -0.05) is 75.7 Å². The Hall–Kier alpha value is -3.88. The molecule has 4 rings (SSSR count). The molecule has 0 aliphatic carbocycles. The minimum atomic E-state index is -0.781. The van der Waals surface area contributed by atoms with Crippen LogP contribution in [0.2, 0.25) is 0 Å². The third kappa shape index (κ3) is 5.03. The molecule has 9 nitrogen and oxygen atoms in total. The predicted molar refractivity (Wildman–Crippen MR) is 128 cm³/mol. The molecule has 2 N–H and O–H groups in total. The third-order valence-electron chi connectivity index (χ3n) is 6.45. The lowest BCUT2D eigenvalue weighted by Gasteiger charge is -2.24. The maximum absolute atomic E-state index is 11.5. The van der Waals surface area contributed by atoms with Gasteiger partial charge in [0, 0.05) is 11.5 Å². The van der Waals surface area contributed by atoms with E-state index < -0.39 is 11.9 Å². The molecule has 0 radical (unpaired) electrons. The molecule has 2 heterocycles. The first-order valence-corrected chi connectivity index (χ1v) is 11.5. The molecular weight excluding hydrogens is 430 g/mol. The molecule has 0 fully saturated rings. The Morgan fingerprint density at radius 1 is 1.09 bits per heavy atom. The molecular formula is C25H29N7O2. The van der Waals surface area contributed by atoms with Crippen molar-refractivity contribution in [3.05, 3.63) is 66.2 Å². The zero-order valence-corrected chi connectivity index (χ0v) is 19.6. The van der Waals surface area contributed by atoms with E-state index in [1.54, 1.807) is 13.3 Å². The van der Waals surface area contributed by atoms with Gasteiger partial charge >= 0.3 is 5.97 Å². The number of aromatic amines is 1. The summed E-state index contributed by atoms with van der Waals surface area (Å²) in [7, 11) is 0. The molecule has 34 heavy (non-hydrogen) atoms. The molecule has 4 aromatic rings. The fourth-order valence-electron chi connectivity index (χ4n) is 4.21. The largest absolute Gasteiger partial charge is 0.481 e. The normalized spacial score (nSPS) is 14.0. The second-order valence-electron chi connectivity index (χ2n) is 8.72. The molecule has 0 aliphatic heterocycles. The van der Waals surface area contributed by atoms with Gasteiger partial charge in [0.1, 0.15) is 12.2 Å². The van der Waals surface area contributed by atoms with Crippen molar-refractivity contribution in [2.24, 2.45) is 11.8 Å². The molecule has 0 spiro atoms. The third-order valence-corrected chi connectivity index (χ3v) is 6.45. The van der Waals surface area contributed by atoms with E-state index in [0.717, 1.165) is 34.5 Å². The average molecular weight is 460 g/mol. The summed E-state index contributed by atoms with van der Waals surface area (Å²) in [5, 5.41) is 28.3. The van der Waals surface area contributed by atoms with Gasteiger partial charge < -0.3 is 5.11 Å². The second kappa shape index (κ2) is 10.4. The van der Waals surface area contributed by atoms with Crippen molar-refractivity contribution in [3.63, 3.8) is 0 Å². The lowest BCUT2D eigenvalue weighted by atomic mass is 9.84. The van der Waals surface area contributed by atoms with Crippen LogP contribution < -0.4 is 0 Å². The van der Waals surface area contributed by atoms with Gasteiger partial charge in [-0.05, 0) is 34.2 Å². The van der Waals surface area contributed by atoms with Gasteiger partial charge in [-0.25, -0.2) is 9.67 Å². The van der Waals surface area contributed by atoms with Gasteiger partial charge in [-0.15, -0.1) is 10.2 Å². The highest BCUT2D eigenvalue weighted by Crippen LogP contribution is 2.33. The van der Waals surface area contributed by atoms with E-state index in [1.165, 1.54) is 0 Å². The van der Waals surface area contributed by atoms with Crippen LogP contribution in [0.1, 0.15) is 50.9 Å². The first-order valence-electron chi connectivity index (χ1n) is 11.5. The second-order valence-corrected chi connectivity index (χ2v) is 8.72. The zero-order valence-electron chi connectivity index (χ0n) is 19.6. The van der Waals surface area contributed by atoms with Crippen LogP contribution in [0.25, 0.3) is 22.5 Å². The Kier molecular flexibility index (Phi) is 7.10. The van der Waals surface area contributed by atoms with Crippen molar-refractivity contribution in [1.82, 2.24) is 35.4 Å². The zero-order chi connectivity index (χ0) is 24.1. The summed E-state index contributed by atoms with van der Waals surface area (Å²) in [6.45, 7) is 6.59. The number of nitrogens with one attached hydrogen (secondary N) is 1. The highest BCUT2D eigenvalue weighted by molar-refractivity contribution is 5.80. The number of aromatic nitrogens is 7. The van der Waals surface area contributed by atoms with Crippen molar-refractivity contribution >= 4 is 5.97 Å². The minimum Gasteiger partial charge on any atom is -0.481 e. The summed E-state index contributed by atoms with van der Waals surface area (Å²) < 4.78 is 1.90. The first-order chi connectivity index (χ1) is 16.5. The fourth-order valence-corrected chi connectivity index (χ4v) is 4.21. The first kappa shape index (κ1) is 23.3. The minimum absolute atomic E-state index is 0.0275. The molecule has 3 atom stereocenters. The summed E-state index contributed by atoms with van der Waals surface area (Å²) in [5.41, 5.74) is 4.07. The van der Waals surface area contributed by atoms with E-state index in [9.17, 15) is 9.90 Å². The lowest BCUT2D eigenvalue weighted by molar-refractivity contribution is -0.141. The summed E-state index contributed by atoms with van der Waals surface area (Å²) in [6, 6.07) is 16.3. The highest BCUT2D eigenvalue weighted by atomic mass is 16.4. The topological polar surface area (TPSA) is 122 Å². The van der Waals surface area contributed by atoms with Gasteiger partial charge in [0.2, 0.25) is 5.82 Å². The van der Waals surface area contributed by atoms with E-state index in [0.29, 0.717) is 24.7 Å². The molecule has 0 bridgehead atoms.